The largest absolute Gasteiger partial charge is 0.449 e. The number of hydrogen-bond acceptors (Lipinski definition) is 4. The molecule has 0 aromatic heterocycles. The van der Waals surface area contributed by atoms with E-state index in [0.717, 1.165) is 6.42 Å². The molecule has 1 aliphatic heterocycles. The Labute approximate surface area is 70.5 Å². The molecule has 0 radical (unpaired) electrons. The Balaban J connectivity index is 2.51. The van der Waals surface area contributed by atoms with Crippen molar-refractivity contribution in [3.05, 3.63) is 0 Å². The van der Waals surface area contributed by atoms with Crippen molar-refractivity contribution < 1.29 is 19.7 Å². The van der Waals surface area contributed by atoms with Crippen molar-refractivity contribution in [2.24, 2.45) is 0 Å². The Morgan fingerprint density at radius 1 is 1.50 bits per heavy atom. The monoisotopic (exact) mass is 175 g/mol. The average Bonchev–Trinajstić information content (AvgIpc) is 2.10. The molecular formula is C7H13NO4. The maximum atomic E-state index is 11.0. The topological polar surface area (TPSA) is 70.0 Å². The van der Waals surface area contributed by atoms with E-state index in [4.69, 9.17) is 14.9 Å². The molecule has 0 atom stereocenters. The van der Waals surface area contributed by atoms with Crippen LogP contribution in [0.25, 0.3) is 0 Å². The minimum Gasteiger partial charge on any atom is -0.449 e. The van der Waals surface area contributed by atoms with Crippen LogP contribution in [0.5, 0.6) is 0 Å². The second kappa shape index (κ2) is 4.27. The van der Waals surface area contributed by atoms with E-state index in [1.807, 2.05) is 0 Å². The fourth-order valence-corrected chi connectivity index (χ4v) is 1.16. The third-order valence-corrected chi connectivity index (χ3v) is 1.87. The maximum Gasteiger partial charge on any atom is 0.410 e. The molecule has 12 heavy (non-hydrogen) atoms. The molecular weight excluding hydrogens is 162 g/mol. The van der Waals surface area contributed by atoms with E-state index in [9.17, 15) is 4.79 Å². The number of hydrogen-bond donors (Lipinski definition) is 2. The van der Waals surface area contributed by atoms with Gasteiger partial charge in [0.25, 0.3) is 0 Å². The predicted octanol–water partition coefficient (Wildman–Crippen LogP) is -0.818. The molecule has 1 fully saturated rings. The van der Waals surface area contributed by atoms with Gasteiger partial charge in [-0.05, 0) is 6.42 Å². The highest BCUT2D eigenvalue weighted by Crippen LogP contribution is 2.08. The van der Waals surface area contributed by atoms with Gasteiger partial charge in [-0.15, -0.1) is 0 Å². The summed E-state index contributed by atoms with van der Waals surface area (Å²) in [5.41, 5.74) is 0. The Morgan fingerprint density at radius 2 is 2.17 bits per heavy atom. The zero-order valence-electron chi connectivity index (χ0n) is 6.77. The van der Waals surface area contributed by atoms with Crippen LogP contribution in [0.4, 0.5) is 4.79 Å². The van der Waals surface area contributed by atoms with Crippen LogP contribution in [0.2, 0.25) is 0 Å². The molecule has 1 heterocycles. The fourth-order valence-electron chi connectivity index (χ4n) is 1.16. The molecule has 0 aromatic rings. The number of nitrogens with zero attached hydrogens (tertiary/aromatic N) is 1. The lowest BCUT2D eigenvalue weighted by molar-refractivity contribution is 0.0232. The van der Waals surface area contributed by atoms with Gasteiger partial charge in [-0.1, -0.05) is 0 Å². The summed E-state index contributed by atoms with van der Waals surface area (Å²) in [6.45, 7) is 0.515. The highest BCUT2D eigenvalue weighted by Gasteiger charge is 2.26. The normalized spacial score (nSPS) is 18.2. The maximum absolute atomic E-state index is 11.0. The van der Waals surface area contributed by atoms with Gasteiger partial charge in [0.2, 0.25) is 0 Å². The van der Waals surface area contributed by atoms with Crippen molar-refractivity contribution >= 4 is 6.09 Å². The van der Waals surface area contributed by atoms with Crippen LogP contribution in [0.1, 0.15) is 6.42 Å². The van der Waals surface area contributed by atoms with Crippen LogP contribution in [0, 0.1) is 0 Å². The molecule has 5 heteroatoms. The van der Waals surface area contributed by atoms with E-state index in [0.29, 0.717) is 13.2 Å². The lowest BCUT2D eigenvalue weighted by atomic mass is 10.2. The lowest BCUT2D eigenvalue weighted by Gasteiger charge is -2.31. The summed E-state index contributed by atoms with van der Waals surface area (Å²) < 4.78 is 4.74. The first-order chi connectivity index (χ1) is 5.79. The zero-order valence-corrected chi connectivity index (χ0v) is 6.77. The van der Waals surface area contributed by atoms with Crippen LogP contribution >= 0.6 is 0 Å². The molecule has 0 aliphatic carbocycles. The molecule has 1 rings (SSSR count). The summed E-state index contributed by atoms with van der Waals surface area (Å²) in [5.74, 6) is 0. The Kier molecular flexibility index (Phi) is 3.31. The van der Waals surface area contributed by atoms with E-state index < -0.39 is 12.1 Å². The standard InChI is InChI=1S/C7H13NO4/c9-4-6(5-10)8-2-1-3-12-7(8)11/h6,9-10H,1-5H2. The Bertz CT molecular complexity index is 157. The zero-order chi connectivity index (χ0) is 8.97. The molecule has 1 aliphatic rings. The third-order valence-electron chi connectivity index (χ3n) is 1.87. The number of amides is 1. The van der Waals surface area contributed by atoms with Crippen molar-refractivity contribution in [3.8, 4) is 0 Å². The van der Waals surface area contributed by atoms with Gasteiger partial charge in [-0.25, -0.2) is 4.79 Å². The van der Waals surface area contributed by atoms with Crippen molar-refractivity contribution in [2.75, 3.05) is 26.4 Å². The molecule has 0 spiro atoms. The van der Waals surface area contributed by atoms with E-state index in [1.54, 1.807) is 0 Å². The molecule has 1 saturated heterocycles. The number of carbonyl (C=O) groups is 1. The predicted molar refractivity (Wildman–Crippen MR) is 40.6 cm³/mol. The van der Waals surface area contributed by atoms with Crippen molar-refractivity contribution in [1.29, 1.82) is 0 Å². The van der Waals surface area contributed by atoms with Crippen molar-refractivity contribution in [3.63, 3.8) is 0 Å². The SMILES string of the molecule is O=C1OCCCN1C(CO)CO. The van der Waals surface area contributed by atoms with E-state index in [1.165, 1.54) is 4.90 Å². The number of carbonyl (C=O) groups excluding carboxylic acids is 1. The number of cyclic esters (lactones) is 1. The van der Waals surface area contributed by atoms with Gasteiger partial charge < -0.3 is 19.8 Å². The summed E-state index contributed by atoms with van der Waals surface area (Å²) in [6, 6.07) is -0.516. The van der Waals surface area contributed by atoms with E-state index in [-0.39, 0.29) is 13.2 Å². The van der Waals surface area contributed by atoms with Crippen LogP contribution < -0.4 is 0 Å². The number of rotatable bonds is 3. The Hall–Kier alpha value is -0.810. The second-order valence-electron chi connectivity index (χ2n) is 2.68. The summed E-state index contributed by atoms with van der Waals surface area (Å²) in [6.07, 6.45) is 0.303. The molecule has 0 aromatic carbocycles. The highest BCUT2D eigenvalue weighted by atomic mass is 16.6. The Morgan fingerprint density at radius 3 is 2.67 bits per heavy atom. The summed E-state index contributed by atoms with van der Waals surface area (Å²) in [7, 11) is 0. The van der Waals surface area contributed by atoms with Crippen molar-refractivity contribution in [1.82, 2.24) is 4.90 Å². The molecule has 5 nitrogen and oxygen atoms in total. The molecule has 0 saturated carbocycles. The van der Waals surface area contributed by atoms with Crippen molar-refractivity contribution in [2.45, 2.75) is 12.5 Å². The van der Waals surface area contributed by atoms with Gasteiger partial charge in [0.15, 0.2) is 0 Å². The molecule has 70 valence electrons. The highest BCUT2D eigenvalue weighted by molar-refractivity contribution is 5.68. The van der Waals surface area contributed by atoms with Crippen LogP contribution in [0.15, 0.2) is 0 Å². The number of aliphatic hydroxyl groups is 2. The molecule has 0 unspecified atom stereocenters. The van der Waals surface area contributed by atoms with Gasteiger partial charge in [0.1, 0.15) is 0 Å². The van der Waals surface area contributed by atoms with Gasteiger partial charge in [0, 0.05) is 6.54 Å². The molecule has 0 bridgehead atoms. The first-order valence-corrected chi connectivity index (χ1v) is 3.94. The van der Waals surface area contributed by atoms with E-state index >= 15 is 0 Å². The molecule has 1 amide bonds. The van der Waals surface area contributed by atoms with Crippen LogP contribution in [0.3, 0.4) is 0 Å². The van der Waals surface area contributed by atoms with Gasteiger partial charge >= 0.3 is 6.09 Å². The first kappa shape index (κ1) is 9.28. The first-order valence-electron chi connectivity index (χ1n) is 3.94. The summed E-state index contributed by atoms with van der Waals surface area (Å²) >= 11 is 0. The third kappa shape index (κ3) is 1.86. The minimum absolute atomic E-state index is 0.231. The lowest BCUT2D eigenvalue weighted by Crippen LogP contribution is -2.48. The summed E-state index contributed by atoms with van der Waals surface area (Å²) in [5, 5.41) is 17.6. The van der Waals surface area contributed by atoms with Crippen LogP contribution in [-0.2, 0) is 4.74 Å². The minimum atomic E-state index is -0.516. The number of ether oxygens (including phenoxy) is 1. The summed E-state index contributed by atoms with van der Waals surface area (Å²) in [4.78, 5) is 12.4. The second-order valence-corrected chi connectivity index (χ2v) is 2.68. The van der Waals surface area contributed by atoms with Gasteiger partial charge in [-0.2, -0.15) is 0 Å². The van der Waals surface area contributed by atoms with Crippen LogP contribution in [-0.4, -0.2) is 53.6 Å². The average molecular weight is 175 g/mol. The van der Waals surface area contributed by atoms with Gasteiger partial charge in [0.05, 0.1) is 25.9 Å². The molecule has 2 N–H and O–H groups in total. The fraction of sp³-hybridized carbons (Fsp3) is 0.857. The van der Waals surface area contributed by atoms with Gasteiger partial charge in [-0.3, -0.25) is 0 Å². The quantitative estimate of drug-likeness (QED) is 0.588. The van der Waals surface area contributed by atoms with E-state index in [2.05, 4.69) is 0 Å². The smallest absolute Gasteiger partial charge is 0.410 e. The number of aliphatic hydroxyl groups excluding tert-OH is 2.